The Morgan fingerprint density at radius 3 is 2.76 bits per heavy atom. The van der Waals surface area contributed by atoms with Gasteiger partial charge in [0.1, 0.15) is 6.04 Å². The fourth-order valence-corrected chi connectivity index (χ4v) is 2.63. The number of carboxylic acids is 1. The maximum atomic E-state index is 11.8. The Labute approximate surface area is 111 Å². The molecule has 17 heavy (non-hydrogen) atoms. The number of aryl methyl sites for hydroxylation is 1. The molecule has 0 aliphatic heterocycles. The van der Waals surface area contributed by atoms with Crippen LogP contribution in [0.15, 0.2) is 22.5 Å². The van der Waals surface area contributed by atoms with E-state index < -0.39 is 12.0 Å². The van der Waals surface area contributed by atoms with Crippen LogP contribution in [0.3, 0.4) is 0 Å². The Kier molecular flexibility index (Phi) is 4.89. The summed E-state index contributed by atoms with van der Waals surface area (Å²) in [4.78, 5) is 23.1. The van der Waals surface area contributed by atoms with Crippen LogP contribution in [-0.4, -0.2) is 23.0 Å². The standard InChI is InChI=1S/C11H12BrNO3S/c1-3-4-7(11(15)16)13-10(14)8-5-6(2)9(12)17-8/h3,5,7H,1,4H2,2H3,(H,13,14)(H,15,16). The third-order valence-corrected chi connectivity index (χ3v) is 4.22. The molecule has 0 aliphatic carbocycles. The van der Waals surface area contributed by atoms with Gasteiger partial charge >= 0.3 is 5.97 Å². The summed E-state index contributed by atoms with van der Waals surface area (Å²) >= 11 is 4.60. The Hall–Kier alpha value is -1.14. The molecule has 1 aromatic rings. The summed E-state index contributed by atoms with van der Waals surface area (Å²) in [5.41, 5.74) is 0.954. The molecule has 1 atom stereocenters. The molecule has 92 valence electrons. The summed E-state index contributed by atoms with van der Waals surface area (Å²) in [5.74, 6) is -1.44. The number of thiophene rings is 1. The van der Waals surface area contributed by atoms with Gasteiger partial charge in [0, 0.05) is 0 Å². The largest absolute Gasteiger partial charge is 0.480 e. The van der Waals surface area contributed by atoms with Gasteiger partial charge in [0.2, 0.25) is 0 Å². The van der Waals surface area contributed by atoms with E-state index in [1.54, 1.807) is 6.07 Å². The minimum absolute atomic E-state index is 0.201. The molecule has 6 heteroatoms. The predicted octanol–water partition coefficient (Wildman–Crippen LogP) is 2.58. The predicted molar refractivity (Wildman–Crippen MR) is 70.5 cm³/mol. The summed E-state index contributed by atoms with van der Waals surface area (Å²) in [6, 6.07) is 0.790. The number of hydrogen-bond acceptors (Lipinski definition) is 3. The topological polar surface area (TPSA) is 66.4 Å². The van der Waals surface area contributed by atoms with Crippen LogP contribution in [0.25, 0.3) is 0 Å². The minimum Gasteiger partial charge on any atom is -0.480 e. The quantitative estimate of drug-likeness (QED) is 0.820. The number of aliphatic carboxylic acids is 1. The zero-order valence-corrected chi connectivity index (χ0v) is 11.6. The van der Waals surface area contributed by atoms with E-state index in [-0.39, 0.29) is 12.3 Å². The number of carbonyl (C=O) groups is 2. The van der Waals surface area contributed by atoms with Crippen molar-refractivity contribution >= 4 is 39.1 Å². The van der Waals surface area contributed by atoms with Gasteiger partial charge in [-0.15, -0.1) is 17.9 Å². The second-order valence-electron chi connectivity index (χ2n) is 3.46. The molecule has 1 heterocycles. The van der Waals surface area contributed by atoms with Crippen molar-refractivity contribution in [3.8, 4) is 0 Å². The number of carboxylic acid groups (broad SMARTS) is 1. The molecule has 0 saturated heterocycles. The van der Waals surface area contributed by atoms with Crippen LogP contribution in [0.4, 0.5) is 0 Å². The van der Waals surface area contributed by atoms with Crippen LogP contribution in [-0.2, 0) is 4.79 Å². The van der Waals surface area contributed by atoms with Gasteiger partial charge in [-0.2, -0.15) is 0 Å². The lowest BCUT2D eigenvalue weighted by Gasteiger charge is -2.11. The van der Waals surface area contributed by atoms with Crippen molar-refractivity contribution in [3.63, 3.8) is 0 Å². The number of halogens is 1. The fraction of sp³-hybridized carbons (Fsp3) is 0.273. The van der Waals surface area contributed by atoms with Crippen LogP contribution >= 0.6 is 27.3 Å². The first-order valence-corrected chi connectivity index (χ1v) is 6.47. The summed E-state index contributed by atoms with van der Waals surface area (Å²) in [6.45, 7) is 5.33. The van der Waals surface area contributed by atoms with Crippen molar-refractivity contribution in [1.82, 2.24) is 5.32 Å². The summed E-state index contributed by atoms with van der Waals surface area (Å²) in [6.07, 6.45) is 1.67. The van der Waals surface area contributed by atoms with Gasteiger partial charge in [-0.05, 0) is 40.9 Å². The molecule has 0 saturated carbocycles. The Bertz CT molecular complexity index is 436. The van der Waals surface area contributed by atoms with Gasteiger partial charge in [0.25, 0.3) is 5.91 Å². The third-order valence-electron chi connectivity index (χ3n) is 2.09. The van der Waals surface area contributed by atoms with E-state index in [1.807, 2.05) is 6.92 Å². The maximum absolute atomic E-state index is 11.8. The smallest absolute Gasteiger partial charge is 0.326 e. The SMILES string of the molecule is C=CCC(NC(=O)c1cc(C)c(Br)s1)C(=O)O. The number of rotatable bonds is 5. The highest BCUT2D eigenvalue weighted by atomic mass is 79.9. The molecule has 0 radical (unpaired) electrons. The summed E-state index contributed by atoms with van der Waals surface area (Å²) in [7, 11) is 0. The van der Waals surface area contributed by atoms with Crippen molar-refractivity contribution in [2.45, 2.75) is 19.4 Å². The summed E-state index contributed by atoms with van der Waals surface area (Å²) in [5, 5.41) is 11.3. The molecule has 1 aromatic heterocycles. The second-order valence-corrected chi connectivity index (χ2v) is 5.83. The third kappa shape index (κ3) is 3.67. The van der Waals surface area contributed by atoms with E-state index in [0.717, 1.165) is 9.35 Å². The summed E-state index contributed by atoms with van der Waals surface area (Å²) < 4.78 is 0.873. The van der Waals surface area contributed by atoms with E-state index in [4.69, 9.17) is 5.11 Å². The monoisotopic (exact) mass is 317 g/mol. The van der Waals surface area contributed by atoms with Gasteiger partial charge < -0.3 is 10.4 Å². The van der Waals surface area contributed by atoms with Crippen molar-refractivity contribution in [1.29, 1.82) is 0 Å². The first-order chi connectivity index (χ1) is 7.95. The Balaban J connectivity index is 2.76. The zero-order chi connectivity index (χ0) is 13.0. The van der Waals surface area contributed by atoms with E-state index in [1.165, 1.54) is 17.4 Å². The molecule has 0 aromatic carbocycles. The highest BCUT2D eigenvalue weighted by molar-refractivity contribution is 9.11. The van der Waals surface area contributed by atoms with Crippen molar-refractivity contribution in [3.05, 3.63) is 32.9 Å². The van der Waals surface area contributed by atoms with Gasteiger partial charge in [-0.1, -0.05) is 6.08 Å². The first-order valence-electron chi connectivity index (χ1n) is 4.86. The van der Waals surface area contributed by atoms with Crippen LogP contribution in [0.5, 0.6) is 0 Å². The van der Waals surface area contributed by atoms with Crippen LogP contribution in [0.2, 0.25) is 0 Å². The van der Waals surface area contributed by atoms with Gasteiger partial charge in [0.05, 0.1) is 8.66 Å². The maximum Gasteiger partial charge on any atom is 0.326 e. The molecule has 4 nitrogen and oxygen atoms in total. The average Bonchev–Trinajstić information content (AvgIpc) is 2.58. The number of amides is 1. The van der Waals surface area contributed by atoms with Crippen LogP contribution in [0, 0.1) is 6.92 Å². The second kappa shape index (κ2) is 5.97. The minimum atomic E-state index is -1.06. The lowest BCUT2D eigenvalue weighted by molar-refractivity contribution is -0.139. The van der Waals surface area contributed by atoms with Gasteiger partial charge in [0.15, 0.2) is 0 Å². The number of carbonyl (C=O) groups excluding carboxylic acids is 1. The highest BCUT2D eigenvalue weighted by Gasteiger charge is 2.20. The van der Waals surface area contributed by atoms with Crippen LogP contribution < -0.4 is 5.32 Å². The van der Waals surface area contributed by atoms with E-state index in [2.05, 4.69) is 27.8 Å². The van der Waals surface area contributed by atoms with Crippen molar-refractivity contribution in [2.75, 3.05) is 0 Å². The molecule has 0 aliphatic rings. The van der Waals surface area contributed by atoms with E-state index >= 15 is 0 Å². The molecule has 1 amide bonds. The Morgan fingerprint density at radius 2 is 2.35 bits per heavy atom. The molecule has 1 unspecified atom stereocenters. The van der Waals surface area contributed by atoms with E-state index in [9.17, 15) is 9.59 Å². The zero-order valence-electron chi connectivity index (χ0n) is 9.20. The average molecular weight is 318 g/mol. The number of hydrogen-bond donors (Lipinski definition) is 2. The number of nitrogens with one attached hydrogen (secondary N) is 1. The molecule has 0 spiro atoms. The van der Waals surface area contributed by atoms with Crippen LogP contribution in [0.1, 0.15) is 21.7 Å². The lowest BCUT2D eigenvalue weighted by Crippen LogP contribution is -2.40. The lowest BCUT2D eigenvalue weighted by atomic mass is 10.2. The first kappa shape index (κ1) is 13.9. The van der Waals surface area contributed by atoms with E-state index in [0.29, 0.717) is 4.88 Å². The van der Waals surface area contributed by atoms with Gasteiger partial charge in [-0.3, -0.25) is 4.79 Å². The normalized spacial score (nSPS) is 11.9. The molecular formula is C11H12BrNO3S. The molecule has 0 fully saturated rings. The Morgan fingerprint density at radius 1 is 1.71 bits per heavy atom. The molecule has 2 N–H and O–H groups in total. The molecular weight excluding hydrogens is 306 g/mol. The fourth-order valence-electron chi connectivity index (χ4n) is 1.19. The van der Waals surface area contributed by atoms with Gasteiger partial charge in [-0.25, -0.2) is 4.79 Å². The van der Waals surface area contributed by atoms with Crippen molar-refractivity contribution < 1.29 is 14.7 Å². The van der Waals surface area contributed by atoms with Crippen molar-refractivity contribution in [2.24, 2.45) is 0 Å². The highest BCUT2D eigenvalue weighted by Crippen LogP contribution is 2.27. The molecule has 1 rings (SSSR count). The molecule has 0 bridgehead atoms.